The fourth-order valence-electron chi connectivity index (χ4n) is 2.87. The number of hydrogen-bond acceptors (Lipinski definition) is 4. The van der Waals surface area contributed by atoms with Gasteiger partial charge in [-0.25, -0.2) is 4.39 Å². The number of rotatable bonds is 3. The van der Waals surface area contributed by atoms with Crippen molar-refractivity contribution in [3.63, 3.8) is 0 Å². The van der Waals surface area contributed by atoms with E-state index in [1.807, 2.05) is 24.3 Å². The third-order valence-electron chi connectivity index (χ3n) is 4.03. The van der Waals surface area contributed by atoms with Crippen LogP contribution in [0, 0.1) is 15.9 Å². The van der Waals surface area contributed by atoms with Gasteiger partial charge < -0.3 is 10.6 Å². The molecule has 0 aromatic heterocycles. The molecule has 6 nitrogen and oxygen atoms in total. The first-order valence-electron chi connectivity index (χ1n) is 7.04. The molecule has 2 aromatic rings. The number of primary amides is 1. The van der Waals surface area contributed by atoms with Crippen LogP contribution < -0.4 is 10.6 Å². The van der Waals surface area contributed by atoms with Crippen LogP contribution in [0.3, 0.4) is 0 Å². The predicted molar refractivity (Wildman–Crippen MR) is 82.4 cm³/mol. The zero-order chi connectivity index (χ0) is 16.6. The standard InChI is InChI=1S/C16H14FN3O3/c17-13-8-12(20(22)23)5-6-14(13)19-9-11-4-2-1-3-10(11)7-15(19)16(18)21/h1-6,8,15H,7,9H2,(H2,18,21)/t15-/m0/s1. The Morgan fingerprint density at radius 3 is 2.57 bits per heavy atom. The Balaban J connectivity index is 2.03. The number of nitrogens with two attached hydrogens (primary N) is 1. The highest BCUT2D eigenvalue weighted by molar-refractivity contribution is 5.85. The van der Waals surface area contributed by atoms with Gasteiger partial charge in [0.15, 0.2) is 5.82 Å². The first kappa shape index (κ1) is 15.0. The van der Waals surface area contributed by atoms with E-state index in [1.54, 1.807) is 4.90 Å². The van der Waals surface area contributed by atoms with Crippen molar-refractivity contribution in [1.82, 2.24) is 0 Å². The molecule has 1 amide bonds. The highest BCUT2D eigenvalue weighted by Gasteiger charge is 2.32. The van der Waals surface area contributed by atoms with E-state index in [0.29, 0.717) is 13.0 Å². The van der Waals surface area contributed by atoms with Crippen LogP contribution in [-0.4, -0.2) is 16.9 Å². The van der Waals surface area contributed by atoms with E-state index in [-0.39, 0.29) is 11.4 Å². The first-order valence-corrected chi connectivity index (χ1v) is 7.04. The Hall–Kier alpha value is -2.96. The number of fused-ring (bicyclic) bond motifs is 1. The maximum atomic E-state index is 14.3. The van der Waals surface area contributed by atoms with Gasteiger partial charge in [0, 0.05) is 19.0 Å². The van der Waals surface area contributed by atoms with Gasteiger partial charge in [-0.05, 0) is 17.2 Å². The van der Waals surface area contributed by atoms with Crippen molar-refractivity contribution in [3.8, 4) is 0 Å². The topological polar surface area (TPSA) is 89.5 Å². The fourth-order valence-corrected chi connectivity index (χ4v) is 2.87. The Bertz CT molecular complexity index is 794. The van der Waals surface area contributed by atoms with E-state index in [4.69, 9.17) is 5.73 Å². The number of halogens is 1. The summed E-state index contributed by atoms with van der Waals surface area (Å²) in [6.45, 7) is 0.318. The van der Waals surface area contributed by atoms with E-state index < -0.39 is 22.7 Å². The molecule has 2 aromatic carbocycles. The van der Waals surface area contributed by atoms with Crippen molar-refractivity contribution in [2.45, 2.75) is 19.0 Å². The molecule has 0 saturated carbocycles. The largest absolute Gasteiger partial charge is 0.368 e. The minimum atomic E-state index is -0.746. The molecule has 0 aliphatic carbocycles. The van der Waals surface area contributed by atoms with Crippen molar-refractivity contribution in [2.75, 3.05) is 4.90 Å². The maximum Gasteiger partial charge on any atom is 0.272 e. The second kappa shape index (κ2) is 5.68. The van der Waals surface area contributed by atoms with Crippen molar-refractivity contribution < 1.29 is 14.1 Å². The number of carbonyl (C=O) groups is 1. The second-order valence-corrected chi connectivity index (χ2v) is 5.41. The van der Waals surface area contributed by atoms with Crippen molar-refractivity contribution >= 4 is 17.3 Å². The molecule has 0 radical (unpaired) electrons. The molecule has 2 N–H and O–H groups in total. The van der Waals surface area contributed by atoms with Crippen LogP contribution in [0.2, 0.25) is 0 Å². The van der Waals surface area contributed by atoms with E-state index in [0.717, 1.165) is 17.2 Å². The van der Waals surface area contributed by atoms with Crippen LogP contribution in [0.1, 0.15) is 11.1 Å². The third-order valence-corrected chi connectivity index (χ3v) is 4.03. The van der Waals surface area contributed by atoms with Crippen LogP contribution >= 0.6 is 0 Å². The number of carbonyl (C=O) groups excluding carboxylic acids is 1. The highest BCUT2D eigenvalue weighted by atomic mass is 19.1. The molecule has 118 valence electrons. The van der Waals surface area contributed by atoms with E-state index in [1.165, 1.54) is 12.1 Å². The van der Waals surface area contributed by atoms with Gasteiger partial charge in [0.25, 0.3) is 5.69 Å². The van der Waals surface area contributed by atoms with Gasteiger partial charge in [0.05, 0.1) is 16.7 Å². The van der Waals surface area contributed by atoms with Crippen LogP contribution in [0.4, 0.5) is 15.8 Å². The summed E-state index contributed by atoms with van der Waals surface area (Å²) in [6.07, 6.45) is 0.377. The summed E-state index contributed by atoms with van der Waals surface area (Å²) >= 11 is 0. The number of nitro benzene ring substituents is 1. The van der Waals surface area contributed by atoms with Gasteiger partial charge in [-0.3, -0.25) is 14.9 Å². The fraction of sp³-hybridized carbons (Fsp3) is 0.188. The summed E-state index contributed by atoms with van der Waals surface area (Å²) in [6, 6.07) is 10.3. The summed E-state index contributed by atoms with van der Waals surface area (Å²) in [4.78, 5) is 23.4. The monoisotopic (exact) mass is 315 g/mol. The molecule has 0 fully saturated rings. The molecule has 1 aliphatic heterocycles. The average molecular weight is 315 g/mol. The van der Waals surface area contributed by atoms with Crippen molar-refractivity contribution in [2.24, 2.45) is 5.73 Å². The highest BCUT2D eigenvalue weighted by Crippen LogP contribution is 2.31. The molecule has 1 atom stereocenters. The normalized spacial score (nSPS) is 16.7. The summed E-state index contributed by atoms with van der Waals surface area (Å²) < 4.78 is 14.3. The summed E-state index contributed by atoms with van der Waals surface area (Å²) in [7, 11) is 0. The van der Waals surface area contributed by atoms with Gasteiger partial charge >= 0.3 is 0 Å². The summed E-state index contributed by atoms with van der Waals surface area (Å²) in [5.74, 6) is -1.30. The number of benzene rings is 2. The minimum Gasteiger partial charge on any atom is -0.368 e. The average Bonchev–Trinajstić information content (AvgIpc) is 2.53. The first-order chi connectivity index (χ1) is 11.0. The molecule has 0 saturated heterocycles. The smallest absolute Gasteiger partial charge is 0.272 e. The predicted octanol–water partition coefficient (Wildman–Crippen LogP) is 2.15. The Morgan fingerprint density at radius 1 is 1.26 bits per heavy atom. The van der Waals surface area contributed by atoms with E-state index >= 15 is 0 Å². The number of amides is 1. The molecule has 23 heavy (non-hydrogen) atoms. The Kier molecular flexibility index (Phi) is 3.69. The molecule has 0 bridgehead atoms. The van der Waals surface area contributed by atoms with Gasteiger partial charge in [0.1, 0.15) is 6.04 Å². The lowest BCUT2D eigenvalue weighted by Gasteiger charge is -2.36. The molecule has 1 heterocycles. The molecule has 3 rings (SSSR count). The maximum absolute atomic E-state index is 14.3. The van der Waals surface area contributed by atoms with Crippen molar-refractivity contribution in [1.29, 1.82) is 0 Å². The quantitative estimate of drug-likeness (QED) is 0.694. The summed E-state index contributed by atoms with van der Waals surface area (Å²) in [5, 5.41) is 10.7. The van der Waals surface area contributed by atoms with Crippen LogP contribution in [0.15, 0.2) is 42.5 Å². The lowest BCUT2D eigenvalue weighted by atomic mass is 9.93. The van der Waals surface area contributed by atoms with Gasteiger partial charge in [-0.15, -0.1) is 0 Å². The molecule has 0 spiro atoms. The van der Waals surface area contributed by atoms with Gasteiger partial charge in [-0.2, -0.15) is 0 Å². The van der Waals surface area contributed by atoms with Crippen LogP contribution in [-0.2, 0) is 17.8 Å². The minimum absolute atomic E-state index is 0.133. The van der Waals surface area contributed by atoms with Crippen molar-refractivity contribution in [3.05, 3.63) is 69.5 Å². The van der Waals surface area contributed by atoms with Gasteiger partial charge in [-0.1, -0.05) is 24.3 Å². The Morgan fingerprint density at radius 2 is 1.96 bits per heavy atom. The van der Waals surface area contributed by atoms with Crippen LogP contribution in [0.25, 0.3) is 0 Å². The zero-order valence-electron chi connectivity index (χ0n) is 12.1. The van der Waals surface area contributed by atoms with Crippen LogP contribution in [0.5, 0.6) is 0 Å². The molecule has 1 aliphatic rings. The SMILES string of the molecule is NC(=O)[C@@H]1Cc2ccccc2CN1c1ccc([N+](=O)[O-])cc1F. The Labute approximate surface area is 131 Å². The van der Waals surface area contributed by atoms with E-state index in [9.17, 15) is 19.3 Å². The molecule has 7 heteroatoms. The lowest BCUT2D eigenvalue weighted by molar-refractivity contribution is -0.385. The number of hydrogen-bond donors (Lipinski definition) is 1. The molecule has 0 unspecified atom stereocenters. The number of anilines is 1. The lowest BCUT2D eigenvalue weighted by Crippen LogP contribution is -2.49. The third kappa shape index (κ3) is 2.73. The molecular weight excluding hydrogens is 301 g/mol. The second-order valence-electron chi connectivity index (χ2n) is 5.41. The summed E-state index contributed by atoms with van der Waals surface area (Å²) in [5.41, 5.74) is 7.24. The number of nitro groups is 1. The van der Waals surface area contributed by atoms with E-state index in [2.05, 4.69) is 0 Å². The number of non-ortho nitro benzene ring substituents is 1. The van der Waals surface area contributed by atoms with Gasteiger partial charge in [0.2, 0.25) is 5.91 Å². The number of nitrogens with zero attached hydrogens (tertiary/aromatic N) is 2. The zero-order valence-corrected chi connectivity index (χ0v) is 12.1. The molecular formula is C16H14FN3O3.